The summed E-state index contributed by atoms with van der Waals surface area (Å²) in [5.41, 5.74) is 2.65. The molecule has 0 bridgehead atoms. The summed E-state index contributed by atoms with van der Waals surface area (Å²) < 4.78 is 30.2. The van der Waals surface area contributed by atoms with Gasteiger partial charge in [0.05, 0.1) is 20.3 Å². The van der Waals surface area contributed by atoms with Gasteiger partial charge in [-0.1, -0.05) is 6.07 Å². The molecule has 1 saturated heterocycles. The average molecular weight is 360 g/mol. The predicted molar refractivity (Wildman–Crippen MR) is 98.0 cm³/mol. The normalized spacial score (nSPS) is 17.9. The summed E-state index contributed by atoms with van der Waals surface area (Å²) in [4.78, 5) is 6.68. The summed E-state index contributed by atoms with van der Waals surface area (Å²) >= 11 is 0. The summed E-state index contributed by atoms with van der Waals surface area (Å²) in [6.45, 7) is 2.54. The molecule has 2 heterocycles. The number of piperidine rings is 1. The van der Waals surface area contributed by atoms with Crippen LogP contribution in [0.5, 0.6) is 11.6 Å². The number of methoxy groups -OCH3 is 3. The third-order valence-corrected chi connectivity index (χ3v) is 4.85. The third-order valence-electron chi connectivity index (χ3n) is 4.85. The Bertz CT molecular complexity index is 754. The van der Waals surface area contributed by atoms with E-state index in [-0.39, 0.29) is 17.7 Å². The standard InChI is InChI=1S/C20H25FN2O3/c1-24-15-5-4-10-23(12-15)13-17-16(8-9-22-20(17)26-3)14-6-7-19(25-2)18(21)11-14/h6-9,11,15H,4-5,10,12-13H2,1-3H3. The molecule has 0 radical (unpaired) electrons. The van der Waals surface area contributed by atoms with E-state index in [2.05, 4.69) is 9.88 Å². The van der Waals surface area contributed by atoms with Gasteiger partial charge in [0.25, 0.3) is 0 Å². The van der Waals surface area contributed by atoms with Crippen molar-refractivity contribution >= 4 is 0 Å². The number of hydrogen-bond donors (Lipinski definition) is 0. The van der Waals surface area contributed by atoms with Crippen LogP contribution in [0.25, 0.3) is 11.1 Å². The predicted octanol–water partition coefficient (Wildman–Crippen LogP) is 3.52. The highest BCUT2D eigenvalue weighted by Gasteiger charge is 2.23. The quantitative estimate of drug-likeness (QED) is 0.789. The molecule has 6 heteroatoms. The number of benzene rings is 1. The molecule has 1 fully saturated rings. The van der Waals surface area contributed by atoms with E-state index >= 15 is 0 Å². The Kier molecular flexibility index (Phi) is 6.06. The van der Waals surface area contributed by atoms with E-state index in [0.717, 1.165) is 42.6 Å². The van der Waals surface area contributed by atoms with Crippen molar-refractivity contribution < 1.29 is 18.6 Å². The van der Waals surface area contributed by atoms with Crippen molar-refractivity contribution in [1.29, 1.82) is 0 Å². The van der Waals surface area contributed by atoms with Crippen molar-refractivity contribution in [3.8, 4) is 22.8 Å². The highest BCUT2D eigenvalue weighted by Crippen LogP contribution is 2.33. The molecule has 1 unspecified atom stereocenters. The number of pyridine rings is 1. The molecular formula is C20H25FN2O3. The largest absolute Gasteiger partial charge is 0.494 e. The lowest BCUT2D eigenvalue weighted by Crippen LogP contribution is -2.38. The Labute approximate surface area is 153 Å². The van der Waals surface area contributed by atoms with Crippen molar-refractivity contribution in [2.45, 2.75) is 25.5 Å². The first-order valence-electron chi connectivity index (χ1n) is 8.77. The van der Waals surface area contributed by atoms with Crippen LogP contribution in [0.15, 0.2) is 30.5 Å². The first kappa shape index (κ1) is 18.6. The van der Waals surface area contributed by atoms with Gasteiger partial charge in [-0.2, -0.15) is 0 Å². The molecule has 26 heavy (non-hydrogen) atoms. The monoisotopic (exact) mass is 360 g/mol. The van der Waals surface area contributed by atoms with E-state index in [1.165, 1.54) is 13.2 Å². The molecule has 1 aromatic heterocycles. The van der Waals surface area contributed by atoms with Crippen LogP contribution >= 0.6 is 0 Å². The van der Waals surface area contributed by atoms with Crippen LogP contribution in [-0.2, 0) is 11.3 Å². The summed E-state index contributed by atoms with van der Waals surface area (Å²) in [6.07, 6.45) is 4.10. The number of hydrogen-bond acceptors (Lipinski definition) is 5. The maximum Gasteiger partial charge on any atom is 0.218 e. The van der Waals surface area contributed by atoms with Crippen LogP contribution in [0.4, 0.5) is 4.39 Å². The minimum Gasteiger partial charge on any atom is -0.494 e. The zero-order chi connectivity index (χ0) is 18.5. The van der Waals surface area contributed by atoms with Gasteiger partial charge in [0.1, 0.15) is 0 Å². The molecule has 140 valence electrons. The minimum absolute atomic E-state index is 0.232. The fourth-order valence-electron chi connectivity index (χ4n) is 3.48. The van der Waals surface area contributed by atoms with Gasteiger partial charge >= 0.3 is 0 Å². The van der Waals surface area contributed by atoms with E-state index in [1.54, 1.807) is 26.5 Å². The Balaban J connectivity index is 1.95. The van der Waals surface area contributed by atoms with Crippen LogP contribution in [0.3, 0.4) is 0 Å². The van der Waals surface area contributed by atoms with E-state index < -0.39 is 0 Å². The van der Waals surface area contributed by atoms with Gasteiger partial charge in [-0.05, 0) is 48.7 Å². The zero-order valence-corrected chi connectivity index (χ0v) is 15.5. The molecule has 3 rings (SSSR count). The van der Waals surface area contributed by atoms with Crippen LogP contribution in [-0.4, -0.2) is 50.4 Å². The molecule has 0 amide bonds. The Morgan fingerprint density at radius 3 is 2.73 bits per heavy atom. The molecule has 0 aliphatic carbocycles. The van der Waals surface area contributed by atoms with Crippen molar-refractivity contribution in [2.75, 3.05) is 34.4 Å². The van der Waals surface area contributed by atoms with Gasteiger partial charge in [0, 0.05) is 32.0 Å². The molecule has 1 aliphatic rings. The Hall–Kier alpha value is -2.18. The second-order valence-electron chi connectivity index (χ2n) is 6.43. The lowest BCUT2D eigenvalue weighted by Gasteiger charge is -2.32. The highest BCUT2D eigenvalue weighted by atomic mass is 19.1. The topological polar surface area (TPSA) is 43.8 Å². The van der Waals surface area contributed by atoms with Crippen LogP contribution in [0, 0.1) is 5.82 Å². The Morgan fingerprint density at radius 2 is 2.04 bits per heavy atom. The molecule has 0 N–H and O–H groups in total. The van der Waals surface area contributed by atoms with Gasteiger partial charge in [-0.25, -0.2) is 9.37 Å². The van der Waals surface area contributed by atoms with E-state index in [0.29, 0.717) is 12.4 Å². The summed E-state index contributed by atoms with van der Waals surface area (Å²) in [6, 6.07) is 6.89. The molecule has 0 spiro atoms. The second kappa shape index (κ2) is 8.47. The molecule has 5 nitrogen and oxygen atoms in total. The van der Waals surface area contributed by atoms with Crippen LogP contribution in [0.1, 0.15) is 18.4 Å². The lowest BCUT2D eigenvalue weighted by atomic mass is 9.99. The number of likely N-dealkylation sites (tertiary alicyclic amines) is 1. The van der Waals surface area contributed by atoms with Crippen molar-refractivity contribution in [3.05, 3.63) is 41.8 Å². The van der Waals surface area contributed by atoms with Crippen molar-refractivity contribution in [2.24, 2.45) is 0 Å². The summed E-state index contributed by atoms with van der Waals surface area (Å²) in [5.74, 6) is 0.415. The first-order chi connectivity index (χ1) is 12.7. The van der Waals surface area contributed by atoms with Gasteiger partial charge in [-0.3, -0.25) is 4.90 Å². The fourth-order valence-corrected chi connectivity index (χ4v) is 3.48. The zero-order valence-electron chi connectivity index (χ0n) is 15.5. The Morgan fingerprint density at radius 1 is 1.19 bits per heavy atom. The molecule has 1 atom stereocenters. The number of ether oxygens (including phenoxy) is 3. The number of rotatable bonds is 6. The van der Waals surface area contributed by atoms with Gasteiger partial charge in [0.2, 0.25) is 5.88 Å². The molecule has 1 aliphatic heterocycles. The van der Waals surface area contributed by atoms with Gasteiger partial charge in [0.15, 0.2) is 11.6 Å². The van der Waals surface area contributed by atoms with E-state index in [9.17, 15) is 4.39 Å². The van der Waals surface area contributed by atoms with Gasteiger partial charge < -0.3 is 14.2 Å². The van der Waals surface area contributed by atoms with Crippen LogP contribution in [0.2, 0.25) is 0 Å². The van der Waals surface area contributed by atoms with E-state index in [1.807, 2.05) is 12.1 Å². The summed E-state index contributed by atoms with van der Waals surface area (Å²) in [7, 11) is 4.82. The summed E-state index contributed by atoms with van der Waals surface area (Å²) in [5, 5.41) is 0. The maximum absolute atomic E-state index is 14.2. The number of nitrogens with zero attached hydrogens (tertiary/aromatic N) is 2. The minimum atomic E-state index is -0.385. The van der Waals surface area contributed by atoms with Gasteiger partial charge in [-0.15, -0.1) is 0 Å². The molecule has 2 aromatic rings. The maximum atomic E-state index is 14.2. The van der Waals surface area contributed by atoms with E-state index in [4.69, 9.17) is 14.2 Å². The molecule has 0 saturated carbocycles. The smallest absolute Gasteiger partial charge is 0.218 e. The molecular weight excluding hydrogens is 335 g/mol. The second-order valence-corrected chi connectivity index (χ2v) is 6.43. The number of halogens is 1. The highest BCUT2D eigenvalue weighted by molar-refractivity contribution is 5.69. The van der Waals surface area contributed by atoms with Crippen molar-refractivity contribution in [1.82, 2.24) is 9.88 Å². The lowest BCUT2D eigenvalue weighted by molar-refractivity contribution is 0.0283. The fraction of sp³-hybridized carbons (Fsp3) is 0.450. The van der Waals surface area contributed by atoms with Crippen molar-refractivity contribution in [3.63, 3.8) is 0 Å². The molecule has 1 aromatic carbocycles. The third kappa shape index (κ3) is 3.97. The average Bonchev–Trinajstić information content (AvgIpc) is 2.68. The number of aromatic nitrogens is 1. The first-order valence-corrected chi connectivity index (χ1v) is 8.77. The SMILES string of the molecule is COc1ccc(-c2ccnc(OC)c2CN2CCCC(OC)C2)cc1F. The van der Waals surface area contributed by atoms with Crippen LogP contribution < -0.4 is 9.47 Å².